The van der Waals surface area contributed by atoms with Crippen molar-refractivity contribution in [2.75, 3.05) is 20.3 Å². The van der Waals surface area contributed by atoms with Crippen molar-refractivity contribution in [2.45, 2.75) is 69.0 Å². The lowest BCUT2D eigenvalue weighted by Gasteiger charge is -2.43. The summed E-state index contributed by atoms with van der Waals surface area (Å²) in [6.45, 7) is 1.22. The van der Waals surface area contributed by atoms with Gasteiger partial charge in [0.1, 0.15) is 37.1 Å². The quantitative estimate of drug-likeness (QED) is 0.191. The van der Waals surface area contributed by atoms with Gasteiger partial charge < -0.3 is 54.0 Å². The minimum atomic E-state index is -2.17. The van der Waals surface area contributed by atoms with Crippen molar-refractivity contribution >= 4 is 17.9 Å². The van der Waals surface area contributed by atoms with Crippen LogP contribution in [0, 0.1) is 11.8 Å². The van der Waals surface area contributed by atoms with Crippen LogP contribution in [-0.2, 0) is 42.8 Å². The number of methoxy groups -OCH3 is 1. The molecule has 0 aliphatic carbocycles. The second kappa shape index (κ2) is 10.7. The number of aliphatic hydroxyl groups is 5. The van der Waals surface area contributed by atoms with Crippen molar-refractivity contribution in [3.05, 3.63) is 11.8 Å². The molecule has 14 nitrogen and oxygen atoms in total. The van der Waals surface area contributed by atoms with Gasteiger partial charge in [0.25, 0.3) is 0 Å². The zero-order chi connectivity index (χ0) is 26.1. The predicted octanol–water partition coefficient (Wildman–Crippen LogP) is -2.92. The summed E-state index contributed by atoms with van der Waals surface area (Å²) in [6.07, 6.45) is -10.1. The van der Waals surface area contributed by atoms with E-state index in [1.807, 2.05) is 0 Å². The summed E-state index contributed by atoms with van der Waals surface area (Å²) in [7, 11) is 1.12. The molecule has 198 valence electrons. The van der Waals surface area contributed by atoms with E-state index in [0.29, 0.717) is 0 Å². The van der Waals surface area contributed by atoms with Crippen LogP contribution in [0.5, 0.6) is 0 Å². The van der Waals surface area contributed by atoms with E-state index in [-0.39, 0.29) is 5.57 Å². The summed E-state index contributed by atoms with van der Waals surface area (Å²) in [6, 6.07) is 0. The highest BCUT2D eigenvalue weighted by Gasteiger charge is 2.50. The zero-order valence-electron chi connectivity index (χ0n) is 19.3. The van der Waals surface area contributed by atoms with E-state index in [1.54, 1.807) is 0 Å². The lowest BCUT2D eigenvalue weighted by atomic mass is 9.81. The standard InChI is InChI=1S/C21H30O14/c1-8-21(2,29)20(28)32-7-11-9(4-13(23)33-8)10(17(27)30-3)6-31-18(11)35-19-16(26)15(25)14(24)12(5-22)34-19/h6,8-9,11-12,14-16,18-19,22,24-26,29H,4-5,7H2,1-3H3/t8-,9+,11+,12+,14+,15-,16+,18-,19-,21-/m0/s1. The van der Waals surface area contributed by atoms with E-state index in [9.17, 15) is 39.9 Å². The molecule has 2 fully saturated rings. The maximum atomic E-state index is 12.6. The molecule has 3 aliphatic rings. The van der Waals surface area contributed by atoms with Gasteiger partial charge in [0.2, 0.25) is 6.29 Å². The lowest BCUT2D eigenvalue weighted by Crippen LogP contribution is -2.60. The number of ether oxygens (including phenoxy) is 6. The van der Waals surface area contributed by atoms with Crippen molar-refractivity contribution in [1.29, 1.82) is 0 Å². The molecule has 0 aromatic carbocycles. The number of cyclic esters (lactones) is 2. The first-order valence-corrected chi connectivity index (χ1v) is 10.9. The van der Waals surface area contributed by atoms with Gasteiger partial charge in [-0.2, -0.15) is 0 Å². The second-order valence-electron chi connectivity index (χ2n) is 8.76. The average molecular weight is 506 g/mol. The summed E-state index contributed by atoms with van der Waals surface area (Å²) in [4.78, 5) is 37.5. The molecule has 2 saturated heterocycles. The van der Waals surface area contributed by atoms with Gasteiger partial charge in [-0.3, -0.25) is 4.79 Å². The Kier molecular flexibility index (Phi) is 8.36. The molecule has 0 saturated carbocycles. The second-order valence-corrected chi connectivity index (χ2v) is 8.76. The molecule has 5 N–H and O–H groups in total. The number of fused-ring (bicyclic) bond motifs is 1. The summed E-state index contributed by atoms with van der Waals surface area (Å²) >= 11 is 0. The van der Waals surface area contributed by atoms with Crippen molar-refractivity contribution < 1.29 is 68.3 Å². The number of esters is 3. The van der Waals surface area contributed by atoms with E-state index < -0.39 is 98.1 Å². The number of aliphatic hydroxyl groups excluding tert-OH is 4. The number of rotatable bonds is 4. The molecule has 0 amide bonds. The van der Waals surface area contributed by atoms with Crippen LogP contribution in [0.2, 0.25) is 0 Å². The summed E-state index contributed by atoms with van der Waals surface area (Å²) in [5.74, 6) is -4.88. The molecule has 0 aromatic heterocycles. The topological polar surface area (TPSA) is 208 Å². The molecule has 3 rings (SSSR count). The molecule has 0 radical (unpaired) electrons. The normalized spacial score (nSPS) is 42.5. The van der Waals surface area contributed by atoms with Crippen LogP contribution in [0.15, 0.2) is 11.8 Å². The molecular formula is C21H30O14. The minimum absolute atomic E-state index is 0.0841. The Morgan fingerprint density at radius 3 is 2.49 bits per heavy atom. The molecule has 0 aromatic rings. The number of hydrogen-bond acceptors (Lipinski definition) is 14. The van der Waals surface area contributed by atoms with E-state index >= 15 is 0 Å². The van der Waals surface area contributed by atoms with Crippen molar-refractivity contribution in [1.82, 2.24) is 0 Å². The number of carbonyl (C=O) groups excluding carboxylic acids is 3. The molecule has 0 unspecified atom stereocenters. The Morgan fingerprint density at radius 2 is 1.86 bits per heavy atom. The van der Waals surface area contributed by atoms with Gasteiger partial charge in [0.05, 0.1) is 37.9 Å². The summed E-state index contributed by atoms with van der Waals surface area (Å²) in [5.41, 5.74) is -2.26. The number of hydrogen-bond donors (Lipinski definition) is 5. The Labute approximate surface area is 199 Å². The molecule has 10 atom stereocenters. The SMILES string of the molecule is COC(=O)C1=CO[C@@H](O[C@@H]2O[C@H](CO)[C@@H](O)[C@H](O)[C@H]2O)[C@@H]2COC(=O)[C@@](C)(O)[C@H](C)OC(=O)C[C@H]12. The first-order valence-electron chi connectivity index (χ1n) is 10.9. The van der Waals surface area contributed by atoms with E-state index in [1.165, 1.54) is 6.92 Å². The van der Waals surface area contributed by atoms with Crippen molar-refractivity contribution in [3.8, 4) is 0 Å². The molecule has 0 bridgehead atoms. The number of carbonyl (C=O) groups is 3. The van der Waals surface area contributed by atoms with Gasteiger partial charge in [0, 0.05) is 5.92 Å². The van der Waals surface area contributed by atoms with Gasteiger partial charge in [-0.15, -0.1) is 0 Å². The molecule has 3 aliphatic heterocycles. The fourth-order valence-electron chi connectivity index (χ4n) is 3.99. The Bertz CT molecular complexity index is 838. The van der Waals surface area contributed by atoms with Crippen LogP contribution in [0.4, 0.5) is 0 Å². The Hall–Kier alpha value is -2.33. The zero-order valence-corrected chi connectivity index (χ0v) is 19.3. The van der Waals surface area contributed by atoms with Crippen molar-refractivity contribution in [2.24, 2.45) is 11.8 Å². The van der Waals surface area contributed by atoms with Crippen LogP contribution < -0.4 is 0 Å². The first-order chi connectivity index (χ1) is 16.4. The monoisotopic (exact) mass is 506 g/mol. The Morgan fingerprint density at radius 1 is 1.17 bits per heavy atom. The highest BCUT2D eigenvalue weighted by atomic mass is 16.8. The van der Waals surface area contributed by atoms with Crippen LogP contribution in [0.1, 0.15) is 20.3 Å². The van der Waals surface area contributed by atoms with Gasteiger partial charge in [-0.1, -0.05) is 0 Å². The van der Waals surface area contributed by atoms with Crippen LogP contribution in [-0.4, -0.2) is 112 Å². The van der Waals surface area contributed by atoms with E-state index in [2.05, 4.69) is 0 Å². The van der Waals surface area contributed by atoms with Gasteiger partial charge in [-0.25, -0.2) is 9.59 Å². The first kappa shape index (κ1) is 27.3. The van der Waals surface area contributed by atoms with E-state index in [4.69, 9.17) is 28.4 Å². The average Bonchev–Trinajstić information content (AvgIpc) is 2.82. The van der Waals surface area contributed by atoms with Crippen LogP contribution in [0.3, 0.4) is 0 Å². The molecule has 0 spiro atoms. The molecule has 35 heavy (non-hydrogen) atoms. The Balaban J connectivity index is 1.93. The van der Waals surface area contributed by atoms with Gasteiger partial charge >= 0.3 is 17.9 Å². The fraction of sp³-hybridized carbons (Fsp3) is 0.762. The van der Waals surface area contributed by atoms with E-state index in [0.717, 1.165) is 20.3 Å². The smallest absolute Gasteiger partial charge is 0.341 e. The molecule has 14 heteroatoms. The highest BCUT2D eigenvalue weighted by molar-refractivity contribution is 5.90. The lowest BCUT2D eigenvalue weighted by molar-refractivity contribution is -0.343. The minimum Gasteiger partial charge on any atom is -0.471 e. The third-order valence-corrected chi connectivity index (χ3v) is 6.44. The van der Waals surface area contributed by atoms with Gasteiger partial charge in [0.15, 0.2) is 11.9 Å². The van der Waals surface area contributed by atoms with Crippen LogP contribution >= 0.6 is 0 Å². The molecular weight excluding hydrogens is 476 g/mol. The third kappa shape index (κ3) is 5.43. The van der Waals surface area contributed by atoms with Crippen LogP contribution in [0.25, 0.3) is 0 Å². The largest absolute Gasteiger partial charge is 0.471 e. The summed E-state index contributed by atoms with van der Waals surface area (Å²) in [5, 5.41) is 50.2. The van der Waals surface area contributed by atoms with Crippen molar-refractivity contribution in [3.63, 3.8) is 0 Å². The maximum Gasteiger partial charge on any atom is 0.341 e. The van der Waals surface area contributed by atoms with Gasteiger partial charge in [-0.05, 0) is 13.8 Å². The highest BCUT2D eigenvalue weighted by Crippen LogP contribution is 2.38. The molecule has 3 heterocycles. The predicted molar refractivity (Wildman–Crippen MR) is 109 cm³/mol. The fourth-order valence-corrected chi connectivity index (χ4v) is 3.99. The maximum absolute atomic E-state index is 12.6. The summed E-state index contributed by atoms with van der Waals surface area (Å²) < 4.78 is 31.7. The third-order valence-electron chi connectivity index (χ3n) is 6.44.